The van der Waals surface area contributed by atoms with Gasteiger partial charge in [-0.15, -0.1) is 0 Å². The first-order valence-electron chi connectivity index (χ1n) is 7.02. The Balaban J connectivity index is 1.69. The maximum absolute atomic E-state index is 5.15. The fraction of sp³-hybridized carbons (Fsp3) is 0.467. The van der Waals surface area contributed by atoms with E-state index in [9.17, 15) is 0 Å². The summed E-state index contributed by atoms with van der Waals surface area (Å²) in [4.78, 5) is 6.63. The Morgan fingerprint density at radius 2 is 2.15 bits per heavy atom. The van der Waals surface area contributed by atoms with Crippen molar-refractivity contribution in [2.45, 2.75) is 32.0 Å². The highest BCUT2D eigenvalue weighted by Gasteiger charge is 2.32. The summed E-state index contributed by atoms with van der Waals surface area (Å²) < 4.78 is 5.15. The van der Waals surface area contributed by atoms with Crippen LogP contribution < -0.4 is 5.32 Å². The quantitative estimate of drug-likeness (QED) is 0.921. The number of nitrogens with zero attached hydrogens (tertiary/aromatic N) is 3. The van der Waals surface area contributed by atoms with Crippen LogP contribution in [-0.4, -0.2) is 34.7 Å². The lowest BCUT2D eigenvalue weighted by Gasteiger charge is -2.25. The van der Waals surface area contributed by atoms with Gasteiger partial charge < -0.3 is 9.84 Å². The Hall–Kier alpha value is -1.72. The van der Waals surface area contributed by atoms with Gasteiger partial charge in [-0.3, -0.25) is 4.90 Å². The van der Waals surface area contributed by atoms with Gasteiger partial charge in [0.2, 0.25) is 5.89 Å². The smallest absolute Gasteiger partial charge is 0.240 e. The van der Waals surface area contributed by atoms with Crippen LogP contribution in [0.1, 0.15) is 29.7 Å². The van der Waals surface area contributed by atoms with Crippen LogP contribution in [0, 0.1) is 6.92 Å². The number of benzene rings is 1. The number of likely N-dealkylation sites (N-methyl/N-ethyl adjacent to an activating group) is 1. The van der Waals surface area contributed by atoms with E-state index in [-0.39, 0.29) is 0 Å². The molecule has 106 valence electrons. The molecule has 0 bridgehead atoms. The van der Waals surface area contributed by atoms with Gasteiger partial charge in [0.1, 0.15) is 0 Å². The molecule has 1 aromatic carbocycles. The van der Waals surface area contributed by atoms with Crippen LogP contribution in [0.5, 0.6) is 0 Å². The summed E-state index contributed by atoms with van der Waals surface area (Å²) >= 11 is 0. The van der Waals surface area contributed by atoms with Gasteiger partial charge in [0.15, 0.2) is 5.82 Å². The zero-order chi connectivity index (χ0) is 13.9. The molecule has 3 rings (SSSR count). The predicted octanol–water partition coefficient (Wildman–Crippen LogP) is 1.91. The van der Waals surface area contributed by atoms with Crippen molar-refractivity contribution >= 4 is 0 Å². The lowest BCUT2D eigenvalue weighted by atomic mass is 10.0. The second-order valence-corrected chi connectivity index (χ2v) is 5.35. The molecule has 2 heterocycles. The zero-order valence-electron chi connectivity index (χ0n) is 11.9. The van der Waals surface area contributed by atoms with Crippen molar-refractivity contribution in [1.82, 2.24) is 20.4 Å². The van der Waals surface area contributed by atoms with E-state index in [0.717, 1.165) is 13.0 Å². The number of nitrogens with one attached hydrogen (secondary N) is 1. The maximum Gasteiger partial charge on any atom is 0.240 e. The van der Waals surface area contributed by atoms with E-state index in [4.69, 9.17) is 4.52 Å². The zero-order valence-corrected chi connectivity index (χ0v) is 11.9. The van der Waals surface area contributed by atoms with Crippen molar-refractivity contribution in [2.24, 2.45) is 0 Å². The van der Waals surface area contributed by atoms with Crippen molar-refractivity contribution in [3.63, 3.8) is 0 Å². The van der Waals surface area contributed by atoms with Gasteiger partial charge in [-0.1, -0.05) is 35.5 Å². The molecule has 5 nitrogen and oxygen atoms in total. The summed E-state index contributed by atoms with van der Waals surface area (Å²) in [5.74, 6) is 1.34. The van der Waals surface area contributed by atoms with E-state index >= 15 is 0 Å². The highest BCUT2D eigenvalue weighted by molar-refractivity contribution is 5.22. The minimum atomic E-state index is 0.403. The van der Waals surface area contributed by atoms with Crippen molar-refractivity contribution in [2.75, 3.05) is 13.6 Å². The maximum atomic E-state index is 5.15. The summed E-state index contributed by atoms with van der Waals surface area (Å²) in [6.45, 7) is 3.56. The van der Waals surface area contributed by atoms with E-state index in [2.05, 4.69) is 57.7 Å². The molecule has 1 fully saturated rings. The van der Waals surface area contributed by atoms with Gasteiger partial charge in [0, 0.05) is 18.6 Å². The lowest BCUT2D eigenvalue weighted by molar-refractivity contribution is 0.278. The van der Waals surface area contributed by atoms with Crippen molar-refractivity contribution < 1.29 is 4.52 Å². The largest absolute Gasteiger partial charge is 0.338 e. The normalized spacial score (nSPS) is 23.3. The molecule has 1 aliphatic heterocycles. The average molecular weight is 272 g/mol. The van der Waals surface area contributed by atoms with Gasteiger partial charge in [-0.2, -0.15) is 4.98 Å². The number of hydrogen-bond donors (Lipinski definition) is 1. The number of likely N-dealkylation sites (tertiary alicyclic amines) is 1. The molecular weight excluding hydrogens is 252 g/mol. The molecule has 2 aromatic rings. The molecule has 0 amide bonds. The minimum Gasteiger partial charge on any atom is -0.338 e. The van der Waals surface area contributed by atoms with Crippen molar-refractivity contribution in [3.05, 3.63) is 47.6 Å². The molecule has 5 heteroatoms. The molecular formula is C15H20N4O. The Morgan fingerprint density at radius 3 is 2.85 bits per heavy atom. The van der Waals surface area contributed by atoms with Crippen LogP contribution >= 0.6 is 0 Å². The standard InChI is InChI=1S/C15H20N4O/c1-11-17-14(20-18-11)10-16-13-8-9-19(2)15(13)12-6-4-3-5-7-12/h3-7,13,15-16H,8-10H2,1-2H3. The Kier molecular flexibility index (Phi) is 3.80. The second kappa shape index (κ2) is 5.73. The number of rotatable bonds is 4. The van der Waals surface area contributed by atoms with Gasteiger partial charge in [0.05, 0.1) is 6.54 Å². The summed E-state index contributed by atoms with van der Waals surface area (Å²) in [5.41, 5.74) is 1.35. The van der Waals surface area contributed by atoms with E-state index in [0.29, 0.717) is 30.3 Å². The first-order valence-corrected chi connectivity index (χ1v) is 7.02. The second-order valence-electron chi connectivity index (χ2n) is 5.35. The van der Waals surface area contributed by atoms with E-state index in [1.807, 2.05) is 6.92 Å². The minimum absolute atomic E-state index is 0.403. The Bertz CT molecular complexity index is 554. The molecule has 2 unspecified atom stereocenters. The summed E-state index contributed by atoms with van der Waals surface area (Å²) in [6, 6.07) is 11.5. The molecule has 1 aromatic heterocycles. The molecule has 2 atom stereocenters. The third-order valence-corrected chi connectivity index (χ3v) is 3.88. The summed E-state index contributed by atoms with van der Waals surface area (Å²) in [5, 5.41) is 7.37. The molecule has 1 aliphatic rings. The molecule has 0 radical (unpaired) electrons. The molecule has 1 N–H and O–H groups in total. The fourth-order valence-electron chi connectivity index (χ4n) is 2.93. The fourth-order valence-corrected chi connectivity index (χ4v) is 2.93. The van der Waals surface area contributed by atoms with Gasteiger partial charge in [-0.05, 0) is 26.0 Å². The SMILES string of the molecule is Cc1noc(CNC2CCN(C)C2c2ccccc2)n1. The third kappa shape index (κ3) is 2.73. The number of aromatic nitrogens is 2. The van der Waals surface area contributed by atoms with Crippen LogP contribution in [0.4, 0.5) is 0 Å². The number of hydrogen-bond acceptors (Lipinski definition) is 5. The van der Waals surface area contributed by atoms with E-state index in [1.165, 1.54) is 5.56 Å². The molecule has 1 saturated heterocycles. The summed E-state index contributed by atoms with van der Waals surface area (Å²) in [6.07, 6.45) is 1.13. The summed E-state index contributed by atoms with van der Waals surface area (Å²) in [7, 11) is 2.18. The molecule has 0 saturated carbocycles. The lowest BCUT2D eigenvalue weighted by Crippen LogP contribution is -2.34. The van der Waals surface area contributed by atoms with Crippen molar-refractivity contribution in [1.29, 1.82) is 0 Å². The van der Waals surface area contributed by atoms with E-state index in [1.54, 1.807) is 0 Å². The van der Waals surface area contributed by atoms with Gasteiger partial charge >= 0.3 is 0 Å². The van der Waals surface area contributed by atoms with E-state index < -0.39 is 0 Å². The number of aryl methyl sites for hydroxylation is 1. The highest BCUT2D eigenvalue weighted by Crippen LogP contribution is 2.30. The first kappa shape index (κ1) is 13.3. The van der Waals surface area contributed by atoms with Crippen molar-refractivity contribution in [3.8, 4) is 0 Å². The molecule has 0 aliphatic carbocycles. The molecule has 0 spiro atoms. The highest BCUT2D eigenvalue weighted by atomic mass is 16.5. The van der Waals surface area contributed by atoms with Crippen LogP contribution in [0.3, 0.4) is 0 Å². The monoisotopic (exact) mass is 272 g/mol. The van der Waals surface area contributed by atoms with Crippen LogP contribution in [0.15, 0.2) is 34.9 Å². The average Bonchev–Trinajstić information content (AvgIpc) is 3.03. The predicted molar refractivity (Wildman–Crippen MR) is 76.1 cm³/mol. The topological polar surface area (TPSA) is 54.2 Å². The van der Waals surface area contributed by atoms with Crippen LogP contribution in [0.25, 0.3) is 0 Å². The van der Waals surface area contributed by atoms with Crippen LogP contribution in [0.2, 0.25) is 0 Å². The first-order chi connectivity index (χ1) is 9.74. The third-order valence-electron chi connectivity index (χ3n) is 3.88. The Morgan fingerprint density at radius 1 is 1.35 bits per heavy atom. The molecule has 20 heavy (non-hydrogen) atoms. The van der Waals surface area contributed by atoms with Gasteiger partial charge in [0.25, 0.3) is 0 Å². The van der Waals surface area contributed by atoms with Gasteiger partial charge in [-0.25, -0.2) is 0 Å². The Labute approximate surface area is 119 Å². The van der Waals surface area contributed by atoms with Crippen LogP contribution in [-0.2, 0) is 6.54 Å².